The average Bonchev–Trinajstić information content (AvgIpc) is 2.70. The van der Waals surface area contributed by atoms with Crippen LogP contribution in [0.4, 0.5) is 5.69 Å². The topological polar surface area (TPSA) is 87.5 Å². The summed E-state index contributed by atoms with van der Waals surface area (Å²) in [5, 5.41) is 15.6. The molecule has 0 aliphatic carbocycles. The number of aromatic nitrogens is 2. The summed E-state index contributed by atoms with van der Waals surface area (Å²) in [7, 11) is 1.73. The van der Waals surface area contributed by atoms with Gasteiger partial charge < -0.3 is 15.3 Å². The predicted molar refractivity (Wildman–Crippen MR) is 70.3 cm³/mol. The number of likely N-dealkylation sites (N-methyl/N-ethyl adjacent to an activating group) is 1. The highest BCUT2D eigenvalue weighted by molar-refractivity contribution is 6.33. The molecule has 104 valence electrons. The number of halogens is 1. The van der Waals surface area contributed by atoms with Crippen LogP contribution in [0.5, 0.6) is 0 Å². The van der Waals surface area contributed by atoms with Gasteiger partial charge in [-0.2, -0.15) is 5.10 Å². The van der Waals surface area contributed by atoms with Crippen LogP contribution in [0, 0.1) is 0 Å². The van der Waals surface area contributed by atoms with E-state index in [0.717, 1.165) is 4.68 Å². The number of carbonyl (C=O) groups excluding carboxylic acids is 1. The zero-order valence-corrected chi connectivity index (χ0v) is 11.2. The molecule has 1 aliphatic heterocycles. The summed E-state index contributed by atoms with van der Waals surface area (Å²) in [4.78, 5) is 25.2. The molecule has 19 heavy (non-hydrogen) atoms. The Morgan fingerprint density at radius 2 is 2.32 bits per heavy atom. The first-order valence-electron chi connectivity index (χ1n) is 5.92. The number of nitrogens with zero attached hydrogens (tertiary/aromatic N) is 3. The van der Waals surface area contributed by atoms with Crippen LogP contribution in [0.2, 0.25) is 5.02 Å². The normalized spacial score (nSPS) is 19.0. The summed E-state index contributed by atoms with van der Waals surface area (Å²) >= 11 is 5.95. The fraction of sp³-hybridized carbons (Fsp3) is 0.545. The van der Waals surface area contributed by atoms with Crippen molar-refractivity contribution in [1.29, 1.82) is 0 Å². The minimum Gasteiger partial charge on any atom is -0.394 e. The van der Waals surface area contributed by atoms with Gasteiger partial charge in [-0.05, 0) is 6.42 Å². The molecule has 0 saturated carbocycles. The molecule has 1 aliphatic rings. The monoisotopic (exact) mass is 286 g/mol. The lowest BCUT2D eigenvalue weighted by Crippen LogP contribution is -2.32. The summed E-state index contributed by atoms with van der Waals surface area (Å²) in [5.41, 5.74) is -0.144. The van der Waals surface area contributed by atoms with Gasteiger partial charge in [0.25, 0.3) is 5.56 Å². The molecule has 0 spiro atoms. The molecule has 7 nitrogen and oxygen atoms in total. The van der Waals surface area contributed by atoms with Crippen LogP contribution in [0.1, 0.15) is 6.42 Å². The molecule has 1 aromatic heterocycles. The summed E-state index contributed by atoms with van der Waals surface area (Å²) in [5.74, 6) is -0.0318. The van der Waals surface area contributed by atoms with Gasteiger partial charge in [0.2, 0.25) is 5.91 Å². The first-order valence-corrected chi connectivity index (χ1v) is 6.30. The highest BCUT2D eigenvalue weighted by atomic mass is 35.5. The van der Waals surface area contributed by atoms with Crippen molar-refractivity contribution in [3.8, 4) is 0 Å². The number of hydrogen-bond donors (Lipinski definition) is 2. The van der Waals surface area contributed by atoms with Gasteiger partial charge >= 0.3 is 0 Å². The molecular formula is C11H15ClN4O3. The van der Waals surface area contributed by atoms with Gasteiger partial charge in [0.05, 0.1) is 25.0 Å². The lowest BCUT2D eigenvalue weighted by atomic mass is 10.2. The van der Waals surface area contributed by atoms with Crippen LogP contribution in [-0.2, 0) is 11.3 Å². The molecule has 1 fully saturated rings. The van der Waals surface area contributed by atoms with E-state index in [9.17, 15) is 9.59 Å². The minimum atomic E-state index is -0.487. The van der Waals surface area contributed by atoms with Crippen molar-refractivity contribution < 1.29 is 9.90 Å². The minimum absolute atomic E-state index is 0.0224. The maximum atomic E-state index is 11.8. The van der Waals surface area contributed by atoms with E-state index in [2.05, 4.69) is 10.4 Å². The summed E-state index contributed by atoms with van der Waals surface area (Å²) < 4.78 is 1.08. The van der Waals surface area contributed by atoms with E-state index in [1.165, 1.54) is 6.20 Å². The smallest absolute Gasteiger partial charge is 0.287 e. The quantitative estimate of drug-likeness (QED) is 0.781. The second-order valence-electron chi connectivity index (χ2n) is 4.37. The second kappa shape index (κ2) is 5.58. The lowest BCUT2D eigenvalue weighted by molar-refractivity contribution is -0.127. The first kappa shape index (κ1) is 13.8. The number of hydrogen-bond acceptors (Lipinski definition) is 5. The van der Waals surface area contributed by atoms with E-state index in [1.54, 1.807) is 11.9 Å². The third-order valence-corrected chi connectivity index (χ3v) is 3.42. The molecule has 0 aromatic carbocycles. The Bertz CT molecular complexity index is 545. The van der Waals surface area contributed by atoms with Crippen molar-refractivity contribution in [2.75, 3.05) is 25.5 Å². The number of aliphatic hydroxyl groups excluding tert-OH is 1. The molecule has 2 N–H and O–H groups in total. The SMILES string of the molecule is CN1CCC(Nc2cnn(CCO)c(=O)c2Cl)C1=O. The number of likely N-dealkylation sites (tertiary alicyclic amines) is 1. The van der Waals surface area contributed by atoms with E-state index in [-0.39, 0.29) is 30.1 Å². The maximum absolute atomic E-state index is 11.8. The van der Waals surface area contributed by atoms with Gasteiger partial charge in [-0.1, -0.05) is 11.6 Å². The number of aliphatic hydroxyl groups is 1. The Balaban J connectivity index is 2.20. The molecule has 1 unspecified atom stereocenters. The van der Waals surface area contributed by atoms with Crippen molar-refractivity contribution in [2.45, 2.75) is 19.0 Å². The average molecular weight is 287 g/mol. The van der Waals surface area contributed by atoms with Crippen molar-refractivity contribution in [3.63, 3.8) is 0 Å². The van der Waals surface area contributed by atoms with E-state index in [4.69, 9.17) is 16.7 Å². The van der Waals surface area contributed by atoms with E-state index < -0.39 is 5.56 Å². The van der Waals surface area contributed by atoms with Crippen LogP contribution in [-0.4, -0.2) is 51.9 Å². The van der Waals surface area contributed by atoms with Crippen LogP contribution in [0.15, 0.2) is 11.0 Å². The first-order chi connectivity index (χ1) is 9.04. The molecule has 2 rings (SSSR count). The Morgan fingerprint density at radius 1 is 1.58 bits per heavy atom. The fourth-order valence-corrected chi connectivity index (χ4v) is 2.16. The van der Waals surface area contributed by atoms with Gasteiger partial charge in [-0.15, -0.1) is 0 Å². The number of nitrogens with one attached hydrogen (secondary N) is 1. The Hall–Kier alpha value is -1.60. The van der Waals surface area contributed by atoms with Crippen LogP contribution in [0.3, 0.4) is 0 Å². The molecule has 1 atom stereocenters. The maximum Gasteiger partial charge on any atom is 0.287 e. The molecule has 1 saturated heterocycles. The van der Waals surface area contributed by atoms with E-state index >= 15 is 0 Å². The zero-order chi connectivity index (χ0) is 14.0. The third-order valence-electron chi connectivity index (χ3n) is 3.05. The van der Waals surface area contributed by atoms with E-state index in [1.807, 2.05) is 0 Å². The summed E-state index contributed by atoms with van der Waals surface area (Å²) in [6.07, 6.45) is 2.05. The molecule has 1 aromatic rings. The molecule has 1 amide bonds. The molecule has 8 heteroatoms. The van der Waals surface area contributed by atoms with Crippen molar-refractivity contribution >= 4 is 23.2 Å². The van der Waals surface area contributed by atoms with Gasteiger partial charge in [-0.25, -0.2) is 4.68 Å². The Labute approximate surface area is 114 Å². The summed E-state index contributed by atoms with van der Waals surface area (Å²) in [6.45, 7) is 0.564. The van der Waals surface area contributed by atoms with Gasteiger partial charge in [0.15, 0.2) is 0 Å². The Morgan fingerprint density at radius 3 is 2.89 bits per heavy atom. The zero-order valence-electron chi connectivity index (χ0n) is 10.5. The molecule has 2 heterocycles. The van der Waals surface area contributed by atoms with Crippen LogP contribution < -0.4 is 10.9 Å². The largest absolute Gasteiger partial charge is 0.394 e. The van der Waals surface area contributed by atoms with Crippen LogP contribution >= 0.6 is 11.6 Å². The number of amides is 1. The lowest BCUT2D eigenvalue weighted by Gasteiger charge is -2.14. The van der Waals surface area contributed by atoms with Crippen molar-refractivity contribution in [2.24, 2.45) is 0 Å². The Kier molecular flexibility index (Phi) is 4.06. The third kappa shape index (κ3) is 2.71. The van der Waals surface area contributed by atoms with Gasteiger partial charge in [0.1, 0.15) is 11.1 Å². The van der Waals surface area contributed by atoms with Gasteiger partial charge in [-0.3, -0.25) is 9.59 Å². The predicted octanol–water partition coefficient (Wildman–Crippen LogP) is -0.468. The molecule has 0 radical (unpaired) electrons. The number of anilines is 1. The molecular weight excluding hydrogens is 272 g/mol. The van der Waals surface area contributed by atoms with Crippen molar-refractivity contribution in [1.82, 2.24) is 14.7 Å². The van der Waals surface area contributed by atoms with Crippen LogP contribution in [0.25, 0.3) is 0 Å². The van der Waals surface area contributed by atoms with Crippen molar-refractivity contribution in [3.05, 3.63) is 21.6 Å². The second-order valence-corrected chi connectivity index (χ2v) is 4.75. The highest BCUT2D eigenvalue weighted by Crippen LogP contribution is 2.20. The van der Waals surface area contributed by atoms with Gasteiger partial charge in [0, 0.05) is 13.6 Å². The fourth-order valence-electron chi connectivity index (χ4n) is 1.96. The summed E-state index contributed by atoms with van der Waals surface area (Å²) in [6, 6.07) is -0.377. The number of carbonyl (C=O) groups is 1. The standard InChI is InChI=1S/C11H15ClN4O3/c1-15-3-2-7(10(15)18)14-8-6-13-16(4-5-17)11(19)9(8)12/h6-7,14,17H,2-5H2,1H3. The highest BCUT2D eigenvalue weighted by Gasteiger charge is 2.29. The van der Waals surface area contributed by atoms with E-state index in [0.29, 0.717) is 18.7 Å². The number of rotatable bonds is 4. The molecule has 0 bridgehead atoms.